The first-order chi connectivity index (χ1) is 8.20. The first kappa shape index (κ1) is 11.8. The zero-order valence-electron chi connectivity index (χ0n) is 9.48. The van der Waals surface area contributed by atoms with Crippen molar-refractivity contribution in [1.82, 2.24) is 4.98 Å². The maximum atomic E-state index is 11.6. The number of Topliss-reactive ketones (excluding diaryl/α,β-unsaturated/α-hetero) is 1. The summed E-state index contributed by atoms with van der Waals surface area (Å²) in [6.07, 6.45) is 2.15. The number of halogens is 1. The fourth-order valence-electron chi connectivity index (χ4n) is 1.61. The zero-order chi connectivity index (χ0) is 12.3. The van der Waals surface area contributed by atoms with E-state index >= 15 is 0 Å². The molecule has 1 aromatic heterocycles. The number of aromatic nitrogens is 1. The van der Waals surface area contributed by atoms with Crippen molar-refractivity contribution >= 4 is 17.4 Å². The van der Waals surface area contributed by atoms with E-state index < -0.39 is 0 Å². The molecule has 17 heavy (non-hydrogen) atoms. The van der Waals surface area contributed by atoms with E-state index in [4.69, 9.17) is 11.6 Å². The smallest absolute Gasteiger partial charge is 0.162 e. The summed E-state index contributed by atoms with van der Waals surface area (Å²) < 4.78 is 0. The SMILES string of the molecule is CCC(=O)c1ccnc(-c2cccc(Cl)c2)c1. The number of benzene rings is 1. The van der Waals surface area contributed by atoms with Gasteiger partial charge in [-0.1, -0.05) is 30.7 Å². The lowest BCUT2D eigenvalue weighted by Gasteiger charge is -2.03. The van der Waals surface area contributed by atoms with E-state index in [1.807, 2.05) is 31.2 Å². The monoisotopic (exact) mass is 245 g/mol. The van der Waals surface area contributed by atoms with Gasteiger partial charge in [-0.05, 0) is 24.3 Å². The highest BCUT2D eigenvalue weighted by molar-refractivity contribution is 6.30. The van der Waals surface area contributed by atoms with Crippen molar-refractivity contribution in [3.05, 3.63) is 53.2 Å². The number of hydrogen-bond donors (Lipinski definition) is 0. The molecular weight excluding hydrogens is 234 g/mol. The van der Waals surface area contributed by atoms with Crippen LogP contribution >= 0.6 is 11.6 Å². The molecule has 0 aliphatic carbocycles. The maximum Gasteiger partial charge on any atom is 0.162 e. The first-order valence-electron chi connectivity index (χ1n) is 5.46. The van der Waals surface area contributed by atoms with Crippen LogP contribution in [0.5, 0.6) is 0 Å². The molecule has 0 spiro atoms. The Hall–Kier alpha value is -1.67. The molecule has 0 atom stereocenters. The Morgan fingerprint density at radius 2 is 2.12 bits per heavy atom. The largest absolute Gasteiger partial charge is 0.294 e. The Kier molecular flexibility index (Phi) is 3.55. The lowest BCUT2D eigenvalue weighted by molar-refractivity contribution is 0.0988. The molecule has 1 heterocycles. The molecule has 0 N–H and O–H groups in total. The van der Waals surface area contributed by atoms with Gasteiger partial charge in [-0.25, -0.2) is 0 Å². The van der Waals surface area contributed by atoms with E-state index in [9.17, 15) is 4.79 Å². The van der Waals surface area contributed by atoms with Crippen LogP contribution in [0, 0.1) is 0 Å². The van der Waals surface area contributed by atoms with Gasteiger partial charge in [0.15, 0.2) is 5.78 Å². The van der Waals surface area contributed by atoms with Gasteiger partial charge in [0.2, 0.25) is 0 Å². The molecule has 0 unspecified atom stereocenters. The fourth-order valence-corrected chi connectivity index (χ4v) is 1.80. The minimum atomic E-state index is 0.121. The van der Waals surface area contributed by atoms with Gasteiger partial charge in [-0.2, -0.15) is 0 Å². The third-order valence-corrected chi connectivity index (χ3v) is 2.76. The summed E-state index contributed by atoms with van der Waals surface area (Å²) in [5, 5.41) is 0.663. The van der Waals surface area contributed by atoms with Crippen molar-refractivity contribution in [2.75, 3.05) is 0 Å². The van der Waals surface area contributed by atoms with Gasteiger partial charge in [-0.15, -0.1) is 0 Å². The van der Waals surface area contributed by atoms with Crippen LogP contribution in [0.1, 0.15) is 23.7 Å². The highest BCUT2D eigenvalue weighted by Crippen LogP contribution is 2.21. The molecular formula is C14H12ClNO. The number of hydrogen-bond acceptors (Lipinski definition) is 2. The Balaban J connectivity index is 2.43. The molecule has 1 aromatic carbocycles. The van der Waals surface area contributed by atoms with Crippen molar-refractivity contribution in [2.24, 2.45) is 0 Å². The van der Waals surface area contributed by atoms with Gasteiger partial charge in [0, 0.05) is 28.8 Å². The highest BCUT2D eigenvalue weighted by atomic mass is 35.5. The van der Waals surface area contributed by atoms with Crippen molar-refractivity contribution < 1.29 is 4.79 Å². The topological polar surface area (TPSA) is 30.0 Å². The molecule has 0 amide bonds. The molecule has 0 saturated heterocycles. The van der Waals surface area contributed by atoms with Gasteiger partial charge in [-0.3, -0.25) is 9.78 Å². The molecule has 0 saturated carbocycles. The molecule has 0 bridgehead atoms. The summed E-state index contributed by atoms with van der Waals surface area (Å²) in [4.78, 5) is 15.9. The molecule has 2 aromatic rings. The van der Waals surface area contributed by atoms with E-state index in [-0.39, 0.29) is 5.78 Å². The summed E-state index contributed by atoms with van der Waals surface area (Å²) >= 11 is 5.93. The van der Waals surface area contributed by atoms with E-state index in [2.05, 4.69) is 4.98 Å². The van der Waals surface area contributed by atoms with Crippen LogP contribution in [0.2, 0.25) is 5.02 Å². The number of pyridine rings is 1. The summed E-state index contributed by atoms with van der Waals surface area (Å²) in [5.41, 5.74) is 2.38. The van der Waals surface area contributed by atoms with E-state index in [1.54, 1.807) is 18.3 Å². The summed E-state index contributed by atoms with van der Waals surface area (Å²) in [5.74, 6) is 0.121. The number of nitrogens with zero attached hydrogens (tertiary/aromatic N) is 1. The van der Waals surface area contributed by atoms with Crippen molar-refractivity contribution in [1.29, 1.82) is 0 Å². The van der Waals surface area contributed by atoms with E-state index in [0.29, 0.717) is 17.0 Å². The molecule has 0 radical (unpaired) electrons. The van der Waals surface area contributed by atoms with Gasteiger partial charge < -0.3 is 0 Å². The second-order valence-electron chi connectivity index (χ2n) is 3.72. The van der Waals surface area contributed by atoms with Crippen LogP contribution in [0.25, 0.3) is 11.3 Å². The van der Waals surface area contributed by atoms with E-state index in [1.165, 1.54) is 0 Å². The van der Waals surface area contributed by atoms with Crippen LogP contribution < -0.4 is 0 Å². The lowest BCUT2D eigenvalue weighted by atomic mass is 10.1. The van der Waals surface area contributed by atoms with Crippen LogP contribution in [0.15, 0.2) is 42.6 Å². The fraction of sp³-hybridized carbons (Fsp3) is 0.143. The lowest BCUT2D eigenvalue weighted by Crippen LogP contribution is -1.97. The standard InChI is InChI=1S/C14H12ClNO/c1-2-14(17)11-6-7-16-13(9-11)10-4-3-5-12(15)8-10/h3-9H,2H2,1H3. The molecule has 0 aliphatic rings. The first-order valence-corrected chi connectivity index (χ1v) is 5.83. The van der Waals surface area contributed by atoms with Gasteiger partial charge in [0.25, 0.3) is 0 Å². The maximum absolute atomic E-state index is 11.6. The average molecular weight is 246 g/mol. The second kappa shape index (κ2) is 5.11. The third-order valence-electron chi connectivity index (χ3n) is 2.52. The second-order valence-corrected chi connectivity index (χ2v) is 4.15. The van der Waals surface area contributed by atoms with Crippen molar-refractivity contribution in [3.8, 4) is 11.3 Å². The molecule has 2 nitrogen and oxygen atoms in total. The predicted molar refractivity (Wildman–Crippen MR) is 69.3 cm³/mol. The third kappa shape index (κ3) is 2.71. The Labute approximate surface area is 105 Å². The molecule has 86 valence electrons. The summed E-state index contributed by atoms with van der Waals surface area (Å²) in [6.45, 7) is 1.85. The van der Waals surface area contributed by atoms with Crippen molar-refractivity contribution in [3.63, 3.8) is 0 Å². The van der Waals surface area contributed by atoms with Crippen LogP contribution in [0.4, 0.5) is 0 Å². The molecule has 2 rings (SSSR count). The molecule has 3 heteroatoms. The van der Waals surface area contributed by atoms with Crippen molar-refractivity contribution in [2.45, 2.75) is 13.3 Å². The summed E-state index contributed by atoms with van der Waals surface area (Å²) in [6, 6.07) is 11.0. The molecule has 0 fully saturated rings. The average Bonchev–Trinajstić information content (AvgIpc) is 2.38. The van der Waals surface area contributed by atoms with E-state index in [0.717, 1.165) is 11.3 Å². The predicted octanol–water partition coefficient (Wildman–Crippen LogP) is 3.99. The number of ketones is 1. The number of carbonyl (C=O) groups excluding carboxylic acids is 1. The van der Waals surface area contributed by atoms with Gasteiger partial charge in [0.1, 0.15) is 0 Å². The number of carbonyl (C=O) groups is 1. The molecule has 0 aliphatic heterocycles. The Bertz CT molecular complexity index is 551. The quantitative estimate of drug-likeness (QED) is 0.766. The highest BCUT2D eigenvalue weighted by Gasteiger charge is 2.06. The normalized spacial score (nSPS) is 10.2. The van der Waals surface area contributed by atoms with Crippen LogP contribution in [-0.4, -0.2) is 10.8 Å². The minimum absolute atomic E-state index is 0.121. The van der Waals surface area contributed by atoms with Crippen LogP contribution in [0.3, 0.4) is 0 Å². The zero-order valence-corrected chi connectivity index (χ0v) is 10.2. The summed E-state index contributed by atoms with van der Waals surface area (Å²) in [7, 11) is 0. The van der Waals surface area contributed by atoms with Gasteiger partial charge in [0.05, 0.1) is 5.69 Å². The Morgan fingerprint density at radius 3 is 2.82 bits per heavy atom. The Morgan fingerprint density at radius 1 is 1.29 bits per heavy atom. The number of rotatable bonds is 3. The van der Waals surface area contributed by atoms with Gasteiger partial charge >= 0.3 is 0 Å². The van der Waals surface area contributed by atoms with Crippen LogP contribution in [-0.2, 0) is 0 Å². The minimum Gasteiger partial charge on any atom is -0.294 e.